The molecule has 5 nitrogen and oxygen atoms in total. The van der Waals surface area contributed by atoms with Crippen LogP contribution in [-0.2, 0) is 6.54 Å². The smallest absolute Gasteiger partial charge is 0.191 e. The van der Waals surface area contributed by atoms with Gasteiger partial charge in [-0.3, -0.25) is 4.99 Å². The number of hydrogen-bond donors (Lipinski definition) is 2. The van der Waals surface area contributed by atoms with Crippen LogP contribution in [0.15, 0.2) is 59.6 Å². The van der Waals surface area contributed by atoms with Gasteiger partial charge in [-0.2, -0.15) is 0 Å². The number of ether oxygens (including phenoxy) is 1. The zero-order valence-corrected chi connectivity index (χ0v) is 15.5. The normalized spacial score (nSPS) is 12.8. The Kier molecular flexibility index (Phi) is 7.29. The predicted molar refractivity (Wildman–Crippen MR) is 104 cm³/mol. The van der Waals surface area contributed by atoms with E-state index < -0.39 is 0 Å². The van der Waals surface area contributed by atoms with E-state index in [1.807, 2.05) is 30.3 Å². The summed E-state index contributed by atoms with van der Waals surface area (Å²) >= 11 is 0. The first kappa shape index (κ1) is 18.8. The van der Waals surface area contributed by atoms with Crippen LogP contribution in [0, 0.1) is 0 Å². The molecule has 5 heteroatoms. The number of benzene rings is 2. The molecule has 25 heavy (non-hydrogen) atoms. The van der Waals surface area contributed by atoms with Gasteiger partial charge in [0.2, 0.25) is 0 Å². The number of likely N-dealkylation sites (N-methyl/N-ethyl adjacent to an activating group) is 1. The third-order valence-corrected chi connectivity index (χ3v) is 4.13. The Morgan fingerprint density at radius 1 is 1.04 bits per heavy atom. The molecule has 2 aromatic rings. The van der Waals surface area contributed by atoms with Gasteiger partial charge in [-0.15, -0.1) is 0 Å². The molecule has 0 aliphatic rings. The SMILES string of the molecule is CN=C(NCc1ccccc1OC)NCC(c1ccccc1)N(C)C. The Bertz CT molecular complexity index is 670. The minimum atomic E-state index is 0.269. The summed E-state index contributed by atoms with van der Waals surface area (Å²) in [5.74, 6) is 1.65. The topological polar surface area (TPSA) is 48.9 Å². The largest absolute Gasteiger partial charge is 0.496 e. The Balaban J connectivity index is 1.95. The molecule has 0 heterocycles. The Morgan fingerprint density at radius 2 is 1.72 bits per heavy atom. The minimum Gasteiger partial charge on any atom is -0.496 e. The maximum absolute atomic E-state index is 5.39. The van der Waals surface area contributed by atoms with Crippen molar-refractivity contribution >= 4 is 5.96 Å². The van der Waals surface area contributed by atoms with Gasteiger partial charge in [0, 0.05) is 25.7 Å². The highest BCUT2D eigenvalue weighted by atomic mass is 16.5. The summed E-state index contributed by atoms with van der Waals surface area (Å²) in [5.41, 5.74) is 2.38. The van der Waals surface area contributed by atoms with Crippen LogP contribution >= 0.6 is 0 Å². The van der Waals surface area contributed by atoms with E-state index in [-0.39, 0.29) is 6.04 Å². The zero-order chi connectivity index (χ0) is 18.1. The van der Waals surface area contributed by atoms with E-state index in [9.17, 15) is 0 Å². The maximum Gasteiger partial charge on any atom is 0.191 e. The van der Waals surface area contributed by atoms with Gasteiger partial charge in [-0.25, -0.2) is 0 Å². The molecule has 2 rings (SSSR count). The van der Waals surface area contributed by atoms with Crippen LogP contribution in [0.5, 0.6) is 5.75 Å². The Hall–Kier alpha value is -2.53. The van der Waals surface area contributed by atoms with Gasteiger partial charge in [0.1, 0.15) is 5.75 Å². The standard InChI is InChI=1S/C20H28N4O/c1-21-20(22-14-17-12-8-9-13-19(17)25-4)23-15-18(24(2)3)16-10-6-5-7-11-16/h5-13,18H,14-15H2,1-4H3,(H2,21,22,23). The lowest BCUT2D eigenvalue weighted by Gasteiger charge is -2.26. The van der Waals surface area contributed by atoms with Crippen LogP contribution < -0.4 is 15.4 Å². The second-order valence-corrected chi connectivity index (χ2v) is 6.01. The van der Waals surface area contributed by atoms with Crippen LogP contribution in [0.4, 0.5) is 0 Å². The van der Waals surface area contributed by atoms with Gasteiger partial charge in [0.25, 0.3) is 0 Å². The molecule has 2 aromatic carbocycles. The van der Waals surface area contributed by atoms with E-state index in [1.165, 1.54) is 5.56 Å². The number of guanidine groups is 1. The van der Waals surface area contributed by atoms with E-state index in [0.29, 0.717) is 6.54 Å². The number of rotatable bonds is 7. The number of methoxy groups -OCH3 is 1. The fraction of sp³-hybridized carbons (Fsp3) is 0.350. The third kappa shape index (κ3) is 5.50. The summed E-state index contributed by atoms with van der Waals surface area (Å²) in [6.07, 6.45) is 0. The van der Waals surface area contributed by atoms with Crippen molar-refractivity contribution in [2.45, 2.75) is 12.6 Å². The molecule has 134 valence electrons. The number of nitrogens with zero attached hydrogens (tertiary/aromatic N) is 2. The summed E-state index contributed by atoms with van der Waals surface area (Å²) in [7, 11) is 7.65. The lowest BCUT2D eigenvalue weighted by Crippen LogP contribution is -2.41. The average molecular weight is 340 g/mol. The number of hydrogen-bond acceptors (Lipinski definition) is 3. The van der Waals surface area contributed by atoms with E-state index in [4.69, 9.17) is 4.74 Å². The Morgan fingerprint density at radius 3 is 2.36 bits per heavy atom. The molecule has 2 N–H and O–H groups in total. The van der Waals surface area contributed by atoms with E-state index in [2.05, 4.69) is 58.9 Å². The van der Waals surface area contributed by atoms with Crippen LogP contribution in [0.1, 0.15) is 17.2 Å². The maximum atomic E-state index is 5.39. The van der Waals surface area contributed by atoms with Crippen molar-refractivity contribution in [1.82, 2.24) is 15.5 Å². The summed E-state index contributed by atoms with van der Waals surface area (Å²) in [6.45, 7) is 1.42. The predicted octanol–water partition coefficient (Wildman–Crippen LogP) is 2.66. The third-order valence-electron chi connectivity index (χ3n) is 4.13. The van der Waals surface area contributed by atoms with E-state index in [1.54, 1.807) is 14.2 Å². The molecular weight excluding hydrogens is 312 g/mol. The minimum absolute atomic E-state index is 0.269. The molecule has 0 spiro atoms. The molecule has 0 aliphatic heterocycles. The molecule has 0 saturated carbocycles. The lowest BCUT2D eigenvalue weighted by atomic mass is 10.1. The van der Waals surface area contributed by atoms with Crippen molar-refractivity contribution in [1.29, 1.82) is 0 Å². The lowest BCUT2D eigenvalue weighted by molar-refractivity contribution is 0.298. The molecule has 0 amide bonds. The Labute approximate surface area is 150 Å². The van der Waals surface area contributed by atoms with Gasteiger partial charge in [-0.05, 0) is 25.7 Å². The summed E-state index contributed by atoms with van der Waals surface area (Å²) < 4.78 is 5.39. The fourth-order valence-corrected chi connectivity index (χ4v) is 2.72. The molecule has 1 atom stereocenters. The van der Waals surface area contributed by atoms with Crippen LogP contribution in [0.2, 0.25) is 0 Å². The number of para-hydroxylation sites is 1. The van der Waals surface area contributed by atoms with Gasteiger partial charge in [-0.1, -0.05) is 48.5 Å². The molecule has 0 aliphatic carbocycles. The molecule has 0 saturated heterocycles. The average Bonchev–Trinajstić information content (AvgIpc) is 2.65. The van der Waals surface area contributed by atoms with Crippen LogP contribution in [0.25, 0.3) is 0 Å². The monoisotopic (exact) mass is 340 g/mol. The highest BCUT2D eigenvalue weighted by Crippen LogP contribution is 2.17. The zero-order valence-electron chi connectivity index (χ0n) is 15.5. The van der Waals surface area contributed by atoms with Gasteiger partial charge in [0.15, 0.2) is 5.96 Å². The number of nitrogens with one attached hydrogen (secondary N) is 2. The van der Waals surface area contributed by atoms with Crippen LogP contribution in [0.3, 0.4) is 0 Å². The summed E-state index contributed by atoms with van der Waals surface area (Å²) in [6, 6.07) is 18.7. The van der Waals surface area contributed by atoms with Crippen molar-refractivity contribution in [3.05, 3.63) is 65.7 Å². The van der Waals surface area contributed by atoms with Gasteiger partial charge < -0.3 is 20.3 Å². The van der Waals surface area contributed by atoms with Crippen LogP contribution in [-0.4, -0.2) is 45.7 Å². The first-order valence-corrected chi connectivity index (χ1v) is 8.43. The van der Waals surface area contributed by atoms with Gasteiger partial charge in [0.05, 0.1) is 13.2 Å². The second kappa shape index (κ2) is 9.69. The molecule has 0 aromatic heterocycles. The number of aliphatic imine (C=N–C) groups is 1. The molecule has 0 radical (unpaired) electrons. The summed E-state index contributed by atoms with van der Waals surface area (Å²) in [5, 5.41) is 6.76. The van der Waals surface area contributed by atoms with Crippen molar-refractivity contribution in [2.24, 2.45) is 4.99 Å². The van der Waals surface area contributed by atoms with E-state index >= 15 is 0 Å². The van der Waals surface area contributed by atoms with Crippen molar-refractivity contribution < 1.29 is 4.74 Å². The second-order valence-electron chi connectivity index (χ2n) is 6.01. The first-order chi connectivity index (χ1) is 12.2. The van der Waals surface area contributed by atoms with Crippen molar-refractivity contribution in [3.8, 4) is 5.75 Å². The van der Waals surface area contributed by atoms with Crippen molar-refractivity contribution in [2.75, 3.05) is 34.8 Å². The summed E-state index contributed by atoms with van der Waals surface area (Å²) in [4.78, 5) is 6.52. The quantitative estimate of drug-likeness (QED) is 0.601. The first-order valence-electron chi connectivity index (χ1n) is 8.43. The molecular formula is C20H28N4O. The molecule has 0 fully saturated rings. The highest BCUT2D eigenvalue weighted by molar-refractivity contribution is 5.79. The highest BCUT2D eigenvalue weighted by Gasteiger charge is 2.14. The van der Waals surface area contributed by atoms with Crippen molar-refractivity contribution in [3.63, 3.8) is 0 Å². The van der Waals surface area contributed by atoms with E-state index in [0.717, 1.165) is 23.8 Å². The van der Waals surface area contributed by atoms with Gasteiger partial charge >= 0.3 is 0 Å². The molecule has 1 unspecified atom stereocenters. The molecule has 0 bridgehead atoms. The fourth-order valence-electron chi connectivity index (χ4n) is 2.72.